The third-order valence-corrected chi connectivity index (χ3v) is 3.03. The summed E-state index contributed by atoms with van der Waals surface area (Å²) in [5, 5.41) is 3.22. The van der Waals surface area contributed by atoms with E-state index in [2.05, 4.69) is 24.2 Å². The molecule has 15 heavy (non-hydrogen) atoms. The van der Waals surface area contributed by atoms with Crippen LogP contribution in [0.1, 0.15) is 26.2 Å². The molecule has 0 saturated carbocycles. The van der Waals surface area contributed by atoms with Crippen molar-refractivity contribution in [2.45, 2.75) is 32.3 Å². The Hall–Kier alpha value is -0.120. The lowest BCUT2D eigenvalue weighted by Gasteiger charge is -2.22. The molecule has 0 aromatic heterocycles. The highest BCUT2D eigenvalue weighted by Gasteiger charge is 2.16. The zero-order valence-corrected chi connectivity index (χ0v) is 10.5. The first kappa shape index (κ1) is 12.9. The van der Waals surface area contributed by atoms with Gasteiger partial charge in [0, 0.05) is 19.7 Å². The second-order valence-corrected chi connectivity index (χ2v) is 4.85. The molecular formula is C12H26N2O. The normalized spacial score (nSPS) is 23.6. The molecule has 0 amide bonds. The molecule has 1 fully saturated rings. The van der Waals surface area contributed by atoms with Gasteiger partial charge >= 0.3 is 0 Å². The summed E-state index contributed by atoms with van der Waals surface area (Å²) in [5.41, 5.74) is 0. The topological polar surface area (TPSA) is 24.5 Å². The van der Waals surface area contributed by atoms with Crippen LogP contribution in [0, 0.1) is 5.92 Å². The first-order valence-electron chi connectivity index (χ1n) is 6.17. The molecule has 0 aliphatic carbocycles. The van der Waals surface area contributed by atoms with Crippen molar-refractivity contribution < 1.29 is 4.74 Å². The molecular weight excluding hydrogens is 188 g/mol. The van der Waals surface area contributed by atoms with Crippen LogP contribution in [0.2, 0.25) is 0 Å². The van der Waals surface area contributed by atoms with Gasteiger partial charge in [-0.05, 0) is 45.8 Å². The minimum atomic E-state index is 0.534. The van der Waals surface area contributed by atoms with E-state index in [1.165, 1.54) is 32.4 Å². The van der Waals surface area contributed by atoms with E-state index in [-0.39, 0.29) is 0 Å². The van der Waals surface area contributed by atoms with Gasteiger partial charge in [-0.3, -0.25) is 0 Å². The van der Waals surface area contributed by atoms with Gasteiger partial charge in [-0.1, -0.05) is 6.92 Å². The molecule has 1 aliphatic heterocycles. The number of rotatable bonds is 7. The average Bonchev–Trinajstić information content (AvgIpc) is 2.67. The maximum atomic E-state index is 5.62. The smallest absolute Gasteiger partial charge is 0.0588 e. The molecule has 0 radical (unpaired) electrons. The van der Waals surface area contributed by atoms with E-state index in [0.29, 0.717) is 6.10 Å². The molecule has 1 saturated heterocycles. The minimum Gasteiger partial charge on any atom is -0.378 e. The third-order valence-electron chi connectivity index (χ3n) is 3.03. The van der Waals surface area contributed by atoms with Crippen LogP contribution in [0.25, 0.3) is 0 Å². The zero-order valence-electron chi connectivity index (χ0n) is 10.5. The highest BCUT2D eigenvalue weighted by atomic mass is 16.5. The predicted molar refractivity (Wildman–Crippen MR) is 64.2 cm³/mol. The number of ether oxygens (including phenoxy) is 1. The summed E-state index contributed by atoms with van der Waals surface area (Å²) in [6.45, 7) is 6.71. The lowest BCUT2D eigenvalue weighted by molar-refractivity contribution is 0.0936. The summed E-state index contributed by atoms with van der Waals surface area (Å²) in [7, 11) is 4.23. The Morgan fingerprint density at radius 3 is 2.93 bits per heavy atom. The van der Waals surface area contributed by atoms with Crippen LogP contribution in [0.4, 0.5) is 0 Å². The first-order chi connectivity index (χ1) is 7.22. The summed E-state index contributed by atoms with van der Waals surface area (Å²) in [6, 6.07) is 0. The number of nitrogens with one attached hydrogen (secondary N) is 1. The Morgan fingerprint density at radius 2 is 2.33 bits per heavy atom. The standard InChI is InChI=1S/C12H26N2O/c1-11(9-13-2)10-14(3)7-6-12-5-4-8-15-12/h11-13H,4-10H2,1-3H3. The second kappa shape index (κ2) is 7.20. The average molecular weight is 214 g/mol. The van der Waals surface area contributed by atoms with Crippen molar-refractivity contribution in [3.05, 3.63) is 0 Å². The van der Waals surface area contributed by atoms with Gasteiger partial charge in [-0.25, -0.2) is 0 Å². The largest absolute Gasteiger partial charge is 0.378 e. The predicted octanol–water partition coefficient (Wildman–Crippen LogP) is 1.34. The van der Waals surface area contributed by atoms with Gasteiger partial charge < -0.3 is 15.0 Å². The summed E-state index contributed by atoms with van der Waals surface area (Å²) in [6.07, 6.45) is 4.25. The lowest BCUT2D eigenvalue weighted by atomic mass is 10.1. The quantitative estimate of drug-likeness (QED) is 0.692. The Kier molecular flexibility index (Phi) is 6.22. The second-order valence-electron chi connectivity index (χ2n) is 4.85. The molecule has 2 atom stereocenters. The van der Waals surface area contributed by atoms with E-state index in [1.54, 1.807) is 0 Å². The highest BCUT2D eigenvalue weighted by molar-refractivity contribution is 4.68. The molecule has 2 unspecified atom stereocenters. The van der Waals surface area contributed by atoms with Gasteiger partial charge in [0.1, 0.15) is 0 Å². The van der Waals surface area contributed by atoms with Gasteiger partial charge in [-0.2, -0.15) is 0 Å². The zero-order chi connectivity index (χ0) is 11.1. The molecule has 0 bridgehead atoms. The molecule has 1 aliphatic rings. The van der Waals surface area contributed by atoms with Crippen LogP contribution in [-0.2, 0) is 4.74 Å². The molecule has 0 aromatic rings. The van der Waals surface area contributed by atoms with Crippen LogP contribution in [-0.4, -0.2) is 51.3 Å². The summed E-state index contributed by atoms with van der Waals surface area (Å²) < 4.78 is 5.62. The van der Waals surface area contributed by atoms with E-state index in [1.807, 2.05) is 7.05 Å². The number of hydrogen-bond acceptors (Lipinski definition) is 3. The summed E-state index contributed by atoms with van der Waals surface area (Å²) >= 11 is 0. The maximum absolute atomic E-state index is 5.62. The van der Waals surface area contributed by atoms with Crippen molar-refractivity contribution in [2.75, 3.05) is 40.3 Å². The summed E-state index contributed by atoms with van der Waals surface area (Å²) in [5.74, 6) is 0.726. The van der Waals surface area contributed by atoms with Gasteiger partial charge in [0.25, 0.3) is 0 Å². The van der Waals surface area contributed by atoms with Crippen LogP contribution in [0.15, 0.2) is 0 Å². The van der Waals surface area contributed by atoms with Crippen molar-refractivity contribution in [2.24, 2.45) is 5.92 Å². The first-order valence-corrected chi connectivity index (χ1v) is 6.17. The molecule has 0 spiro atoms. The van der Waals surface area contributed by atoms with Gasteiger partial charge in [0.15, 0.2) is 0 Å². The molecule has 90 valence electrons. The molecule has 1 heterocycles. The third kappa shape index (κ3) is 5.50. The fraction of sp³-hybridized carbons (Fsp3) is 1.00. The van der Waals surface area contributed by atoms with Crippen molar-refractivity contribution in [3.8, 4) is 0 Å². The fourth-order valence-corrected chi connectivity index (χ4v) is 2.27. The Balaban J connectivity index is 2.04. The molecule has 3 heteroatoms. The van der Waals surface area contributed by atoms with Crippen LogP contribution in [0.3, 0.4) is 0 Å². The van der Waals surface area contributed by atoms with E-state index in [0.717, 1.165) is 19.1 Å². The highest BCUT2D eigenvalue weighted by Crippen LogP contribution is 2.15. The number of hydrogen-bond donors (Lipinski definition) is 1. The lowest BCUT2D eigenvalue weighted by Crippen LogP contribution is -2.31. The maximum Gasteiger partial charge on any atom is 0.0588 e. The van der Waals surface area contributed by atoms with Gasteiger partial charge in [0.2, 0.25) is 0 Å². The van der Waals surface area contributed by atoms with Crippen molar-refractivity contribution in [1.82, 2.24) is 10.2 Å². The van der Waals surface area contributed by atoms with Crippen molar-refractivity contribution >= 4 is 0 Å². The van der Waals surface area contributed by atoms with Crippen LogP contribution >= 0.6 is 0 Å². The summed E-state index contributed by atoms with van der Waals surface area (Å²) in [4.78, 5) is 2.42. The Bertz CT molecular complexity index is 158. The number of nitrogens with zero attached hydrogens (tertiary/aromatic N) is 1. The molecule has 1 N–H and O–H groups in total. The van der Waals surface area contributed by atoms with Gasteiger partial charge in [-0.15, -0.1) is 0 Å². The molecule has 3 nitrogen and oxygen atoms in total. The SMILES string of the molecule is CNCC(C)CN(C)CCC1CCCO1. The van der Waals surface area contributed by atoms with Crippen molar-refractivity contribution in [3.63, 3.8) is 0 Å². The monoisotopic (exact) mass is 214 g/mol. The van der Waals surface area contributed by atoms with E-state index in [9.17, 15) is 0 Å². The van der Waals surface area contributed by atoms with Gasteiger partial charge in [0.05, 0.1) is 6.10 Å². The Morgan fingerprint density at radius 1 is 1.53 bits per heavy atom. The fourth-order valence-electron chi connectivity index (χ4n) is 2.27. The molecule has 1 rings (SSSR count). The van der Waals surface area contributed by atoms with E-state index >= 15 is 0 Å². The minimum absolute atomic E-state index is 0.534. The van der Waals surface area contributed by atoms with E-state index < -0.39 is 0 Å². The van der Waals surface area contributed by atoms with Crippen LogP contribution < -0.4 is 5.32 Å². The van der Waals surface area contributed by atoms with Crippen LogP contribution in [0.5, 0.6) is 0 Å². The Labute approximate surface area is 94.2 Å². The van der Waals surface area contributed by atoms with Crippen molar-refractivity contribution in [1.29, 1.82) is 0 Å². The molecule has 0 aromatic carbocycles. The van der Waals surface area contributed by atoms with E-state index in [4.69, 9.17) is 4.74 Å².